The van der Waals surface area contributed by atoms with E-state index in [-0.39, 0.29) is 11.7 Å². The number of non-ortho nitro benzene ring substituents is 1. The predicted molar refractivity (Wildman–Crippen MR) is 80.7 cm³/mol. The Balaban J connectivity index is 2.20. The zero-order valence-corrected chi connectivity index (χ0v) is 12.8. The number of rotatable bonds is 5. The van der Waals surface area contributed by atoms with Crippen molar-refractivity contribution in [1.82, 2.24) is 9.78 Å². The Morgan fingerprint density at radius 1 is 1.55 bits per heavy atom. The number of nitro benzene ring substituents is 1. The second kappa shape index (κ2) is 6.04. The van der Waals surface area contributed by atoms with E-state index in [2.05, 4.69) is 26.3 Å². The Morgan fingerprint density at radius 2 is 2.30 bits per heavy atom. The highest BCUT2D eigenvalue weighted by atomic mass is 79.9. The minimum Gasteiger partial charge on any atom is -0.377 e. The third-order valence-corrected chi connectivity index (χ3v) is 3.70. The molecule has 20 heavy (non-hydrogen) atoms. The highest BCUT2D eigenvalue weighted by Crippen LogP contribution is 2.30. The van der Waals surface area contributed by atoms with Crippen LogP contribution >= 0.6 is 15.9 Å². The van der Waals surface area contributed by atoms with Crippen LogP contribution in [-0.4, -0.2) is 14.7 Å². The van der Waals surface area contributed by atoms with Crippen LogP contribution in [0.4, 0.5) is 11.4 Å². The average Bonchev–Trinajstić information content (AvgIpc) is 2.89. The number of hydrogen-bond donors (Lipinski definition) is 1. The van der Waals surface area contributed by atoms with Crippen LogP contribution in [0.25, 0.3) is 0 Å². The number of aromatic nitrogens is 2. The first-order valence-electron chi connectivity index (χ1n) is 6.24. The lowest BCUT2D eigenvalue weighted by Gasteiger charge is -2.14. The van der Waals surface area contributed by atoms with Gasteiger partial charge in [-0.2, -0.15) is 5.10 Å². The van der Waals surface area contributed by atoms with E-state index in [4.69, 9.17) is 0 Å². The lowest BCUT2D eigenvalue weighted by molar-refractivity contribution is -0.384. The Labute approximate surface area is 125 Å². The largest absolute Gasteiger partial charge is 0.377 e. The summed E-state index contributed by atoms with van der Waals surface area (Å²) in [7, 11) is 0. The number of aryl methyl sites for hydroxylation is 1. The predicted octanol–water partition coefficient (Wildman–Crippen LogP) is 3.75. The highest BCUT2D eigenvalue weighted by molar-refractivity contribution is 9.10. The van der Waals surface area contributed by atoms with Crippen molar-refractivity contribution in [2.45, 2.75) is 26.4 Å². The number of anilines is 1. The Morgan fingerprint density at radius 3 is 2.90 bits per heavy atom. The Bertz CT molecular complexity index is 627. The summed E-state index contributed by atoms with van der Waals surface area (Å²) in [4.78, 5) is 10.4. The SMILES string of the molecule is CCn1cc(C(C)Nc2cc([N+](=O)[O-])ccc2Br)cn1. The molecule has 0 aliphatic rings. The molecule has 1 unspecified atom stereocenters. The van der Waals surface area contributed by atoms with Crippen molar-refractivity contribution in [1.29, 1.82) is 0 Å². The Kier molecular flexibility index (Phi) is 4.39. The summed E-state index contributed by atoms with van der Waals surface area (Å²) in [6.45, 7) is 4.82. The summed E-state index contributed by atoms with van der Waals surface area (Å²) in [6.07, 6.45) is 3.76. The van der Waals surface area contributed by atoms with Crippen LogP contribution in [-0.2, 0) is 6.54 Å². The molecule has 0 amide bonds. The molecular formula is C13H15BrN4O2. The van der Waals surface area contributed by atoms with E-state index in [9.17, 15) is 10.1 Å². The van der Waals surface area contributed by atoms with Crippen molar-refractivity contribution < 1.29 is 4.92 Å². The fourth-order valence-electron chi connectivity index (χ4n) is 1.83. The lowest BCUT2D eigenvalue weighted by atomic mass is 10.1. The van der Waals surface area contributed by atoms with E-state index in [0.717, 1.165) is 16.6 Å². The number of nitro groups is 1. The molecule has 0 bridgehead atoms. The normalized spacial score (nSPS) is 12.2. The number of nitrogens with one attached hydrogen (secondary N) is 1. The van der Waals surface area contributed by atoms with Crippen LogP contribution in [0.3, 0.4) is 0 Å². The number of hydrogen-bond acceptors (Lipinski definition) is 4. The number of nitrogens with zero attached hydrogens (tertiary/aromatic N) is 3. The highest BCUT2D eigenvalue weighted by Gasteiger charge is 2.13. The monoisotopic (exact) mass is 338 g/mol. The van der Waals surface area contributed by atoms with Crippen LogP contribution in [0.5, 0.6) is 0 Å². The third-order valence-electron chi connectivity index (χ3n) is 3.01. The molecule has 0 radical (unpaired) electrons. The molecule has 2 rings (SSSR count). The van der Waals surface area contributed by atoms with Crippen molar-refractivity contribution in [2.75, 3.05) is 5.32 Å². The maximum absolute atomic E-state index is 10.8. The summed E-state index contributed by atoms with van der Waals surface area (Å²) < 4.78 is 2.63. The van der Waals surface area contributed by atoms with Crippen molar-refractivity contribution in [2.24, 2.45) is 0 Å². The molecule has 1 N–H and O–H groups in total. The molecule has 1 heterocycles. The van der Waals surface area contributed by atoms with Gasteiger partial charge in [-0.25, -0.2) is 0 Å². The van der Waals surface area contributed by atoms with E-state index in [0.29, 0.717) is 5.69 Å². The first-order chi connectivity index (χ1) is 9.51. The first-order valence-corrected chi connectivity index (χ1v) is 7.03. The minimum atomic E-state index is -0.405. The standard InChI is InChI=1S/C13H15BrN4O2/c1-3-17-8-10(7-15-17)9(2)16-13-6-11(18(19)20)4-5-12(13)14/h4-9,16H,3H2,1-2H3. The lowest BCUT2D eigenvalue weighted by Crippen LogP contribution is -2.06. The van der Waals surface area contributed by atoms with Gasteiger partial charge < -0.3 is 5.32 Å². The maximum atomic E-state index is 10.8. The zero-order valence-electron chi connectivity index (χ0n) is 11.2. The van der Waals surface area contributed by atoms with Gasteiger partial charge in [-0.05, 0) is 35.8 Å². The molecule has 1 aromatic heterocycles. The molecule has 7 heteroatoms. The van der Waals surface area contributed by atoms with E-state index in [1.165, 1.54) is 12.1 Å². The van der Waals surface area contributed by atoms with Crippen molar-refractivity contribution in [3.8, 4) is 0 Å². The second-order valence-corrected chi connectivity index (χ2v) is 5.27. The number of benzene rings is 1. The summed E-state index contributed by atoms with van der Waals surface area (Å²) in [5.74, 6) is 0. The fraction of sp³-hybridized carbons (Fsp3) is 0.308. The van der Waals surface area contributed by atoms with E-state index < -0.39 is 4.92 Å². The molecule has 0 aliphatic carbocycles. The van der Waals surface area contributed by atoms with Crippen LogP contribution in [0.2, 0.25) is 0 Å². The van der Waals surface area contributed by atoms with Crippen LogP contribution in [0.1, 0.15) is 25.5 Å². The molecule has 6 nitrogen and oxygen atoms in total. The van der Waals surface area contributed by atoms with Gasteiger partial charge in [-0.1, -0.05) is 0 Å². The summed E-state index contributed by atoms with van der Waals surface area (Å²) in [5.41, 5.74) is 1.79. The summed E-state index contributed by atoms with van der Waals surface area (Å²) >= 11 is 3.39. The summed E-state index contributed by atoms with van der Waals surface area (Å²) in [6, 6.07) is 4.66. The minimum absolute atomic E-state index is 0.00797. The molecule has 0 saturated carbocycles. The molecule has 0 aliphatic heterocycles. The second-order valence-electron chi connectivity index (χ2n) is 4.42. The first kappa shape index (κ1) is 14.5. The molecule has 1 aromatic carbocycles. The Hall–Kier alpha value is -1.89. The van der Waals surface area contributed by atoms with Crippen molar-refractivity contribution in [3.05, 3.63) is 50.7 Å². The molecular weight excluding hydrogens is 324 g/mol. The smallest absolute Gasteiger partial charge is 0.271 e. The van der Waals surface area contributed by atoms with Gasteiger partial charge in [0.15, 0.2) is 0 Å². The van der Waals surface area contributed by atoms with E-state index in [1.807, 2.05) is 24.7 Å². The molecule has 0 saturated heterocycles. The van der Waals surface area contributed by atoms with Crippen molar-refractivity contribution in [3.63, 3.8) is 0 Å². The average molecular weight is 339 g/mol. The van der Waals surface area contributed by atoms with Crippen LogP contribution in [0.15, 0.2) is 35.1 Å². The van der Waals surface area contributed by atoms with Gasteiger partial charge in [0.2, 0.25) is 0 Å². The molecule has 0 fully saturated rings. The molecule has 106 valence electrons. The third kappa shape index (κ3) is 3.16. The molecule has 2 aromatic rings. The van der Waals surface area contributed by atoms with Gasteiger partial charge >= 0.3 is 0 Å². The van der Waals surface area contributed by atoms with Gasteiger partial charge in [0.1, 0.15) is 0 Å². The molecule has 1 atom stereocenters. The zero-order chi connectivity index (χ0) is 14.7. The number of halogens is 1. The van der Waals surface area contributed by atoms with E-state index in [1.54, 1.807) is 12.3 Å². The van der Waals surface area contributed by atoms with Gasteiger partial charge in [0, 0.05) is 34.9 Å². The van der Waals surface area contributed by atoms with Crippen molar-refractivity contribution >= 4 is 27.3 Å². The quantitative estimate of drug-likeness (QED) is 0.665. The maximum Gasteiger partial charge on any atom is 0.271 e. The van der Waals surface area contributed by atoms with Gasteiger partial charge in [0.05, 0.1) is 22.8 Å². The van der Waals surface area contributed by atoms with Crippen LogP contribution < -0.4 is 5.32 Å². The van der Waals surface area contributed by atoms with Gasteiger partial charge in [-0.3, -0.25) is 14.8 Å². The molecule has 0 spiro atoms. The van der Waals surface area contributed by atoms with E-state index >= 15 is 0 Å². The van der Waals surface area contributed by atoms with Gasteiger partial charge in [0.25, 0.3) is 5.69 Å². The summed E-state index contributed by atoms with van der Waals surface area (Å²) in [5, 5.41) is 18.3. The topological polar surface area (TPSA) is 73.0 Å². The van der Waals surface area contributed by atoms with Crippen LogP contribution in [0, 0.1) is 10.1 Å². The van der Waals surface area contributed by atoms with Gasteiger partial charge in [-0.15, -0.1) is 0 Å². The fourth-order valence-corrected chi connectivity index (χ4v) is 2.19.